The third-order valence-corrected chi connectivity index (χ3v) is 2.80. The average Bonchev–Trinajstić information content (AvgIpc) is 2.42. The predicted octanol–water partition coefficient (Wildman–Crippen LogP) is 6.35. The van der Waals surface area contributed by atoms with Crippen molar-refractivity contribution < 1.29 is 4.79 Å². The molecule has 1 atom stereocenters. The van der Waals surface area contributed by atoms with E-state index < -0.39 is 0 Å². The van der Waals surface area contributed by atoms with E-state index in [1.54, 1.807) is 6.92 Å². The van der Waals surface area contributed by atoms with Gasteiger partial charge in [0.2, 0.25) is 0 Å². The molecule has 0 amide bonds. The Morgan fingerprint density at radius 2 is 1.68 bits per heavy atom. The van der Waals surface area contributed by atoms with E-state index in [1.807, 2.05) is 45.9 Å². The van der Waals surface area contributed by atoms with Crippen LogP contribution in [0.4, 0.5) is 0 Å². The highest BCUT2D eigenvalue weighted by Crippen LogP contribution is 2.07. The number of ketones is 1. The van der Waals surface area contributed by atoms with Crippen molar-refractivity contribution in [3.8, 4) is 0 Å². The Hall–Kier alpha value is -0.850. The molecule has 1 heteroatoms. The summed E-state index contributed by atoms with van der Waals surface area (Å²) in [6.45, 7) is 16.3. The van der Waals surface area contributed by atoms with Crippen molar-refractivity contribution in [3.63, 3.8) is 0 Å². The monoisotopic (exact) mass is 268 g/mol. The van der Waals surface area contributed by atoms with Gasteiger partial charge in [-0.05, 0) is 31.8 Å². The molecular weight excluding hydrogens is 232 g/mol. The van der Waals surface area contributed by atoms with Gasteiger partial charge >= 0.3 is 0 Å². The molecule has 0 aromatic carbocycles. The van der Waals surface area contributed by atoms with E-state index in [0.29, 0.717) is 0 Å². The van der Waals surface area contributed by atoms with Gasteiger partial charge in [0, 0.05) is 0 Å². The molecule has 0 radical (unpaired) electrons. The minimum atomic E-state index is 0.167. The summed E-state index contributed by atoms with van der Waals surface area (Å²) in [6.07, 6.45) is 10.6. The van der Waals surface area contributed by atoms with Crippen LogP contribution in [0.2, 0.25) is 0 Å². The third kappa shape index (κ3) is 19.7. The number of carbonyl (C=O) groups is 1. The normalized spacial score (nSPS) is 12.1. The maximum Gasteiger partial charge on any atom is 0.155 e. The van der Waals surface area contributed by atoms with Gasteiger partial charge in [-0.1, -0.05) is 79.0 Å². The van der Waals surface area contributed by atoms with Crippen LogP contribution < -0.4 is 0 Å². The molecule has 19 heavy (non-hydrogen) atoms. The summed E-state index contributed by atoms with van der Waals surface area (Å²) in [5.74, 6) is 1.12. The number of allylic oxidation sites excluding steroid dienone is 4. The fourth-order valence-corrected chi connectivity index (χ4v) is 1.39. The molecule has 0 saturated heterocycles. The van der Waals surface area contributed by atoms with Crippen molar-refractivity contribution in [2.24, 2.45) is 5.92 Å². The van der Waals surface area contributed by atoms with Gasteiger partial charge < -0.3 is 0 Å². The highest BCUT2D eigenvalue weighted by molar-refractivity contribution is 5.93. The zero-order chi connectivity index (χ0) is 15.7. The molecule has 0 fully saturated rings. The standard InChI is InChI=1S/C9H14O.C7H16.C2H6/c1-4-6-7-9(5-2)8(3)10;1-4-6-7(3)5-2;1-2/h4,6-7H,5H2,1-3H3;7H,4-6H2,1-3H3;1-2H3/b6-4-,9-7+;;. The first kappa shape index (κ1) is 23.3. The molecule has 0 aliphatic carbocycles. The lowest BCUT2D eigenvalue weighted by molar-refractivity contribution is -0.113. The molecule has 114 valence electrons. The second-order valence-electron chi connectivity index (χ2n) is 4.43. The van der Waals surface area contributed by atoms with Crippen molar-refractivity contribution in [1.82, 2.24) is 0 Å². The lowest BCUT2D eigenvalue weighted by atomic mass is 10.0. The number of hydrogen-bond donors (Lipinski definition) is 0. The van der Waals surface area contributed by atoms with Crippen LogP contribution in [0.25, 0.3) is 0 Å². The minimum Gasteiger partial charge on any atom is -0.295 e. The predicted molar refractivity (Wildman–Crippen MR) is 89.6 cm³/mol. The van der Waals surface area contributed by atoms with Crippen molar-refractivity contribution in [2.45, 2.75) is 81.1 Å². The van der Waals surface area contributed by atoms with Crippen molar-refractivity contribution in [1.29, 1.82) is 0 Å². The van der Waals surface area contributed by atoms with Gasteiger partial charge in [0.1, 0.15) is 0 Å². The summed E-state index contributed by atoms with van der Waals surface area (Å²) in [7, 11) is 0. The molecule has 0 aliphatic heterocycles. The fourth-order valence-electron chi connectivity index (χ4n) is 1.39. The summed E-state index contributed by atoms with van der Waals surface area (Å²) >= 11 is 0. The minimum absolute atomic E-state index is 0.167. The van der Waals surface area contributed by atoms with Gasteiger partial charge in [0.25, 0.3) is 0 Å². The maximum absolute atomic E-state index is 10.8. The summed E-state index contributed by atoms with van der Waals surface area (Å²) < 4.78 is 0. The Morgan fingerprint density at radius 3 is 1.89 bits per heavy atom. The summed E-state index contributed by atoms with van der Waals surface area (Å²) in [6, 6.07) is 0. The molecule has 0 aliphatic rings. The van der Waals surface area contributed by atoms with Gasteiger partial charge in [-0.15, -0.1) is 0 Å². The van der Waals surface area contributed by atoms with Gasteiger partial charge in [-0.3, -0.25) is 4.79 Å². The van der Waals surface area contributed by atoms with E-state index in [-0.39, 0.29) is 5.78 Å². The Kier molecular flexibility index (Phi) is 23.9. The van der Waals surface area contributed by atoms with E-state index in [1.165, 1.54) is 19.3 Å². The molecule has 0 heterocycles. The van der Waals surface area contributed by atoms with Crippen LogP contribution >= 0.6 is 0 Å². The topological polar surface area (TPSA) is 17.1 Å². The first-order valence-electron chi connectivity index (χ1n) is 7.86. The van der Waals surface area contributed by atoms with E-state index in [9.17, 15) is 4.79 Å². The largest absolute Gasteiger partial charge is 0.295 e. The van der Waals surface area contributed by atoms with E-state index >= 15 is 0 Å². The summed E-state index contributed by atoms with van der Waals surface area (Å²) in [4.78, 5) is 10.8. The lowest BCUT2D eigenvalue weighted by Crippen LogP contribution is -1.93. The van der Waals surface area contributed by atoms with Crippen LogP contribution in [-0.4, -0.2) is 5.78 Å². The van der Waals surface area contributed by atoms with E-state index in [0.717, 1.165) is 17.9 Å². The Labute approximate surface area is 122 Å². The average molecular weight is 268 g/mol. The van der Waals surface area contributed by atoms with Gasteiger partial charge in [0.05, 0.1) is 0 Å². The molecule has 0 spiro atoms. The zero-order valence-corrected chi connectivity index (χ0v) is 14.5. The van der Waals surface area contributed by atoms with Crippen molar-refractivity contribution >= 4 is 5.78 Å². The Morgan fingerprint density at radius 1 is 1.16 bits per heavy atom. The smallest absolute Gasteiger partial charge is 0.155 e. The van der Waals surface area contributed by atoms with Crippen molar-refractivity contribution in [3.05, 3.63) is 23.8 Å². The quantitative estimate of drug-likeness (QED) is 0.405. The molecule has 0 aromatic heterocycles. The Bertz CT molecular complexity index is 236. The van der Waals surface area contributed by atoms with Crippen LogP contribution in [0, 0.1) is 5.92 Å². The van der Waals surface area contributed by atoms with Gasteiger partial charge in [-0.2, -0.15) is 0 Å². The van der Waals surface area contributed by atoms with E-state index in [4.69, 9.17) is 0 Å². The second kappa shape index (κ2) is 19.5. The van der Waals surface area contributed by atoms with Gasteiger partial charge in [-0.25, -0.2) is 0 Å². The summed E-state index contributed by atoms with van der Waals surface area (Å²) in [5, 5.41) is 0. The molecule has 1 unspecified atom stereocenters. The van der Waals surface area contributed by atoms with Crippen LogP contribution in [0.5, 0.6) is 0 Å². The molecule has 1 nitrogen and oxygen atoms in total. The van der Waals surface area contributed by atoms with Crippen LogP contribution in [0.15, 0.2) is 23.8 Å². The molecular formula is C18H36O. The number of carbonyl (C=O) groups excluding carboxylic acids is 1. The first-order valence-corrected chi connectivity index (χ1v) is 7.86. The second-order valence-corrected chi connectivity index (χ2v) is 4.43. The van der Waals surface area contributed by atoms with Crippen LogP contribution in [-0.2, 0) is 4.79 Å². The maximum atomic E-state index is 10.8. The van der Waals surface area contributed by atoms with Gasteiger partial charge in [0.15, 0.2) is 5.78 Å². The van der Waals surface area contributed by atoms with Crippen molar-refractivity contribution in [2.75, 3.05) is 0 Å². The molecule has 0 bridgehead atoms. The number of rotatable bonds is 6. The van der Waals surface area contributed by atoms with Crippen LogP contribution in [0.3, 0.4) is 0 Å². The fraction of sp³-hybridized carbons (Fsp3) is 0.722. The van der Waals surface area contributed by atoms with Crippen LogP contribution in [0.1, 0.15) is 81.1 Å². The molecule has 0 aromatic rings. The molecule has 0 saturated carbocycles. The third-order valence-electron chi connectivity index (χ3n) is 2.80. The highest BCUT2D eigenvalue weighted by Gasteiger charge is 1.96. The molecule has 0 N–H and O–H groups in total. The first-order chi connectivity index (χ1) is 9.03. The summed E-state index contributed by atoms with van der Waals surface area (Å²) in [5.41, 5.74) is 0.887. The SMILES string of the molecule is C/C=C\C=C(/CC)C(C)=O.CC.CCCC(C)CC. The lowest BCUT2D eigenvalue weighted by Gasteiger charge is -2.02. The number of Topliss-reactive ketones (excluding diaryl/α,β-unsaturated/α-hetero) is 1. The zero-order valence-electron chi connectivity index (χ0n) is 14.5. The van der Waals surface area contributed by atoms with E-state index in [2.05, 4.69) is 20.8 Å². The highest BCUT2D eigenvalue weighted by atomic mass is 16.1. The Balaban J connectivity index is -0.000000249. The number of hydrogen-bond acceptors (Lipinski definition) is 1. The molecule has 0 rings (SSSR count).